The zero-order valence-corrected chi connectivity index (χ0v) is 12.3. The van der Waals surface area contributed by atoms with Gasteiger partial charge in [-0.05, 0) is 23.6 Å². The van der Waals surface area contributed by atoms with Gasteiger partial charge in [-0.15, -0.1) is 11.3 Å². The molecule has 0 saturated carbocycles. The van der Waals surface area contributed by atoms with Crippen LogP contribution in [0.15, 0.2) is 35.7 Å². The number of benzene rings is 1. The number of amides is 2. The Labute approximate surface area is 129 Å². The summed E-state index contributed by atoms with van der Waals surface area (Å²) >= 11 is 1.45. The first-order valence-electron chi connectivity index (χ1n) is 6.25. The van der Waals surface area contributed by atoms with Gasteiger partial charge in [0.05, 0.1) is 11.4 Å². The van der Waals surface area contributed by atoms with Crippen LogP contribution in [0, 0.1) is 11.6 Å². The van der Waals surface area contributed by atoms with E-state index in [1.807, 2.05) is 17.5 Å². The maximum absolute atomic E-state index is 13.7. The van der Waals surface area contributed by atoms with E-state index >= 15 is 0 Å². The van der Waals surface area contributed by atoms with Gasteiger partial charge in [0.2, 0.25) is 11.8 Å². The molecule has 22 heavy (non-hydrogen) atoms. The summed E-state index contributed by atoms with van der Waals surface area (Å²) in [5, 5.41) is 6.38. The highest BCUT2D eigenvalue weighted by Crippen LogP contribution is 2.23. The van der Waals surface area contributed by atoms with Crippen LogP contribution < -0.4 is 10.6 Å². The van der Waals surface area contributed by atoms with Gasteiger partial charge in [-0.25, -0.2) is 8.78 Å². The summed E-state index contributed by atoms with van der Waals surface area (Å²) in [5.74, 6) is -2.91. The molecule has 7 heteroatoms. The molecule has 0 atom stereocenters. The fourth-order valence-corrected chi connectivity index (χ4v) is 2.27. The van der Waals surface area contributed by atoms with E-state index < -0.39 is 23.4 Å². The van der Waals surface area contributed by atoms with Crippen molar-refractivity contribution in [2.75, 3.05) is 10.6 Å². The van der Waals surface area contributed by atoms with E-state index in [1.54, 1.807) is 6.08 Å². The number of carbonyl (C=O) groups is 2. The molecule has 2 N–H and O–H groups in total. The summed E-state index contributed by atoms with van der Waals surface area (Å²) in [6, 6.07) is 5.29. The Morgan fingerprint density at radius 2 is 1.82 bits per heavy atom. The lowest BCUT2D eigenvalue weighted by atomic mass is 10.2. The second kappa shape index (κ2) is 6.95. The maximum Gasteiger partial charge on any atom is 0.248 e. The lowest BCUT2D eigenvalue weighted by molar-refractivity contribution is -0.114. The molecule has 0 aliphatic carbocycles. The largest absolute Gasteiger partial charge is 0.324 e. The summed E-state index contributed by atoms with van der Waals surface area (Å²) in [4.78, 5) is 23.6. The third-order valence-electron chi connectivity index (χ3n) is 2.57. The molecule has 2 rings (SSSR count). The minimum atomic E-state index is -0.926. The van der Waals surface area contributed by atoms with E-state index in [0.717, 1.165) is 10.9 Å². The molecule has 114 valence electrons. The fourth-order valence-electron chi connectivity index (χ4n) is 1.65. The van der Waals surface area contributed by atoms with Crippen LogP contribution in [0.1, 0.15) is 11.8 Å². The van der Waals surface area contributed by atoms with E-state index in [-0.39, 0.29) is 11.4 Å². The second-order valence-corrected chi connectivity index (χ2v) is 5.31. The molecular weight excluding hydrogens is 310 g/mol. The summed E-state index contributed by atoms with van der Waals surface area (Å²) in [5.41, 5.74) is -0.419. The van der Waals surface area contributed by atoms with Crippen LogP contribution in [0.3, 0.4) is 0 Å². The van der Waals surface area contributed by atoms with Crippen molar-refractivity contribution in [1.82, 2.24) is 0 Å². The molecule has 0 unspecified atom stereocenters. The Morgan fingerprint density at radius 1 is 1.14 bits per heavy atom. The normalized spacial score (nSPS) is 10.7. The minimum absolute atomic E-state index is 0.202. The van der Waals surface area contributed by atoms with Gasteiger partial charge < -0.3 is 10.6 Å². The van der Waals surface area contributed by atoms with Gasteiger partial charge in [-0.3, -0.25) is 9.59 Å². The quantitative estimate of drug-likeness (QED) is 0.844. The number of thiophene rings is 1. The number of carbonyl (C=O) groups excluding carboxylic acids is 2. The Hall–Kier alpha value is -2.54. The van der Waals surface area contributed by atoms with Crippen LogP contribution >= 0.6 is 11.3 Å². The predicted octanol–water partition coefficient (Wildman–Crippen LogP) is 3.64. The molecule has 4 nitrogen and oxygen atoms in total. The molecule has 0 aliphatic rings. The average Bonchev–Trinajstić information content (AvgIpc) is 2.94. The lowest BCUT2D eigenvalue weighted by Gasteiger charge is -2.09. The van der Waals surface area contributed by atoms with Crippen molar-refractivity contribution in [3.05, 3.63) is 52.2 Å². The molecule has 0 radical (unpaired) electrons. The van der Waals surface area contributed by atoms with Crippen LogP contribution in [0.5, 0.6) is 0 Å². The highest BCUT2D eigenvalue weighted by Gasteiger charge is 2.12. The molecule has 0 fully saturated rings. The van der Waals surface area contributed by atoms with Crippen LogP contribution in [-0.2, 0) is 9.59 Å². The van der Waals surface area contributed by atoms with E-state index in [9.17, 15) is 18.4 Å². The molecule has 1 heterocycles. The summed E-state index contributed by atoms with van der Waals surface area (Å²) < 4.78 is 27.1. The van der Waals surface area contributed by atoms with Crippen molar-refractivity contribution in [2.45, 2.75) is 6.92 Å². The number of nitrogens with one attached hydrogen (secondary N) is 2. The Morgan fingerprint density at radius 3 is 2.41 bits per heavy atom. The standard InChI is InChI=1S/C15H12F2N2O2S/c1-9(20)18-13-8-14(12(17)7-11(13)16)19-15(21)5-4-10-3-2-6-22-10/h2-8H,1H3,(H,18,20)(H,19,21)/b5-4+. The third-order valence-corrected chi connectivity index (χ3v) is 3.41. The molecular formula is C15H12F2N2O2S. The smallest absolute Gasteiger partial charge is 0.248 e. The SMILES string of the molecule is CC(=O)Nc1cc(NC(=O)/C=C/c2cccs2)c(F)cc1F. The van der Waals surface area contributed by atoms with Crippen molar-refractivity contribution >= 4 is 40.6 Å². The molecule has 0 spiro atoms. The van der Waals surface area contributed by atoms with Gasteiger partial charge >= 0.3 is 0 Å². The molecule has 0 saturated heterocycles. The highest BCUT2D eigenvalue weighted by molar-refractivity contribution is 7.10. The van der Waals surface area contributed by atoms with Crippen LogP contribution in [0.2, 0.25) is 0 Å². The molecule has 0 bridgehead atoms. The first-order valence-corrected chi connectivity index (χ1v) is 7.13. The highest BCUT2D eigenvalue weighted by atomic mass is 32.1. The minimum Gasteiger partial charge on any atom is -0.324 e. The zero-order valence-electron chi connectivity index (χ0n) is 11.5. The molecule has 2 aromatic rings. The van der Waals surface area contributed by atoms with Gasteiger partial charge in [0.15, 0.2) is 0 Å². The van der Waals surface area contributed by atoms with Gasteiger partial charge in [0.25, 0.3) is 0 Å². The molecule has 1 aromatic carbocycles. The number of halogens is 2. The first-order chi connectivity index (χ1) is 10.5. The summed E-state index contributed by atoms with van der Waals surface area (Å²) in [7, 11) is 0. The van der Waals surface area contributed by atoms with Gasteiger partial charge in [-0.1, -0.05) is 6.07 Å². The molecule has 2 amide bonds. The third kappa shape index (κ3) is 4.23. The Bertz CT molecular complexity index is 727. The van der Waals surface area contributed by atoms with Crippen molar-refractivity contribution in [1.29, 1.82) is 0 Å². The van der Waals surface area contributed by atoms with E-state index in [2.05, 4.69) is 10.6 Å². The van der Waals surface area contributed by atoms with Crippen LogP contribution in [0.4, 0.5) is 20.2 Å². The monoisotopic (exact) mass is 322 g/mol. The zero-order chi connectivity index (χ0) is 16.1. The number of hydrogen-bond donors (Lipinski definition) is 2. The van der Waals surface area contributed by atoms with Crippen molar-refractivity contribution < 1.29 is 18.4 Å². The Balaban J connectivity index is 2.14. The van der Waals surface area contributed by atoms with Gasteiger partial charge in [0, 0.05) is 23.9 Å². The number of rotatable bonds is 4. The lowest BCUT2D eigenvalue weighted by Crippen LogP contribution is -2.12. The second-order valence-electron chi connectivity index (χ2n) is 4.33. The fraction of sp³-hybridized carbons (Fsp3) is 0.0667. The van der Waals surface area contributed by atoms with Gasteiger partial charge in [-0.2, -0.15) is 0 Å². The first kappa shape index (κ1) is 15.8. The topological polar surface area (TPSA) is 58.2 Å². The van der Waals surface area contributed by atoms with Crippen LogP contribution in [-0.4, -0.2) is 11.8 Å². The number of hydrogen-bond acceptors (Lipinski definition) is 3. The van der Waals surface area contributed by atoms with Gasteiger partial charge in [0.1, 0.15) is 11.6 Å². The van der Waals surface area contributed by atoms with E-state index in [1.165, 1.54) is 24.3 Å². The van der Waals surface area contributed by atoms with Crippen molar-refractivity contribution in [2.24, 2.45) is 0 Å². The van der Waals surface area contributed by atoms with Crippen LogP contribution in [0.25, 0.3) is 6.08 Å². The Kier molecular flexibility index (Phi) is 5.00. The van der Waals surface area contributed by atoms with E-state index in [4.69, 9.17) is 0 Å². The number of anilines is 2. The van der Waals surface area contributed by atoms with Crippen molar-refractivity contribution in [3.8, 4) is 0 Å². The van der Waals surface area contributed by atoms with Crippen molar-refractivity contribution in [3.63, 3.8) is 0 Å². The predicted molar refractivity (Wildman–Crippen MR) is 82.6 cm³/mol. The average molecular weight is 322 g/mol. The molecule has 0 aliphatic heterocycles. The van der Waals surface area contributed by atoms with E-state index in [0.29, 0.717) is 6.07 Å². The summed E-state index contributed by atoms with van der Waals surface area (Å²) in [6.45, 7) is 1.20. The maximum atomic E-state index is 13.7. The molecule has 1 aromatic heterocycles. The summed E-state index contributed by atoms with van der Waals surface area (Å²) in [6.07, 6.45) is 2.82.